The summed E-state index contributed by atoms with van der Waals surface area (Å²) in [6, 6.07) is 7.75. The van der Waals surface area contributed by atoms with Crippen molar-refractivity contribution in [1.29, 1.82) is 0 Å². The Morgan fingerprint density at radius 1 is 1.35 bits per heavy atom. The number of aromatic nitrogens is 2. The molecule has 0 unspecified atom stereocenters. The molecule has 0 bridgehead atoms. The lowest BCUT2D eigenvalue weighted by Gasteiger charge is -2.10. The van der Waals surface area contributed by atoms with Gasteiger partial charge in [0.25, 0.3) is 0 Å². The van der Waals surface area contributed by atoms with E-state index in [0.717, 1.165) is 27.5 Å². The van der Waals surface area contributed by atoms with Crippen LogP contribution in [0.5, 0.6) is 0 Å². The van der Waals surface area contributed by atoms with Gasteiger partial charge in [0.05, 0.1) is 12.2 Å². The number of hydrogen-bond acceptors (Lipinski definition) is 2. The number of benzene rings is 1. The van der Waals surface area contributed by atoms with E-state index in [1.54, 1.807) is 18.0 Å². The van der Waals surface area contributed by atoms with Crippen molar-refractivity contribution in [3.63, 3.8) is 0 Å². The number of likely N-dealkylation sites (N-methyl/N-ethyl adjacent to an activating group) is 1. The molecule has 0 saturated carbocycles. The first-order valence-corrected chi connectivity index (χ1v) is 8.02. The van der Waals surface area contributed by atoms with Gasteiger partial charge in [-0.15, -0.1) is 0 Å². The number of halogens is 1. The van der Waals surface area contributed by atoms with E-state index >= 15 is 0 Å². The van der Waals surface area contributed by atoms with E-state index in [4.69, 9.17) is 11.6 Å². The molecule has 122 valence electrons. The van der Waals surface area contributed by atoms with Crippen molar-refractivity contribution >= 4 is 23.6 Å². The molecule has 5 heteroatoms. The number of carbonyl (C=O) groups excluding carboxylic acids is 1. The van der Waals surface area contributed by atoms with Crippen LogP contribution in [0.2, 0.25) is 5.02 Å². The van der Waals surface area contributed by atoms with E-state index in [9.17, 15) is 4.79 Å². The second-order valence-electron chi connectivity index (χ2n) is 5.52. The van der Waals surface area contributed by atoms with E-state index in [1.807, 2.05) is 55.8 Å². The van der Waals surface area contributed by atoms with Gasteiger partial charge in [0.15, 0.2) is 0 Å². The van der Waals surface area contributed by atoms with Crippen LogP contribution in [0.1, 0.15) is 29.4 Å². The van der Waals surface area contributed by atoms with E-state index < -0.39 is 0 Å². The molecule has 0 N–H and O–H groups in total. The van der Waals surface area contributed by atoms with Crippen LogP contribution in [0.25, 0.3) is 6.08 Å². The molecule has 4 nitrogen and oxygen atoms in total. The average molecular weight is 332 g/mol. The topological polar surface area (TPSA) is 38.1 Å². The molecule has 0 atom stereocenters. The van der Waals surface area contributed by atoms with E-state index in [1.165, 1.54) is 0 Å². The van der Waals surface area contributed by atoms with Crippen LogP contribution in [-0.2, 0) is 11.3 Å². The predicted octanol–water partition coefficient (Wildman–Crippen LogP) is 3.69. The first-order valence-electron chi connectivity index (χ1n) is 7.64. The minimum absolute atomic E-state index is 0.00912. The molecule has 1 amide bonds. The third kappa shape index (κ3) is 4.02. The second kappa shape index (κ2) is 7.47. The quantitative estimate of drug-likeness (QED) is 0.784. The fraction of sp³-hybridized carbons (Fsp3) is 0.333. The summed E-state index contributed by atoms with van der Waals surface area (Å²) < 4.78 is 1.92. The van der Waals surface area contributed by atoms with Crippen molar-refractivity contribution in [2.24, 2.45) is 0 Å². The summed E-state index contributed by atoms with van der Waals surface area (Å²) in [5.41, 5.74) is 3.93. The molecule has 1 heterocycles. The first kappa shape index (κ1) is 17.3. The normalized spacial score (nSPS) is 11.2. The van der Waals surface area contributed by atoms with Crippen molar-refractivity contribution in [2.75, 3.05) is 13.6 Å². The van der Waals surface area contributed by atoms with E-state index in [2.05, 4.69) is 5.10 Å². The Kier molecular flexibility index (Phi) is 5.61. The molecule has 0 radical (unpaired) electrons. The van der Waals surface area contributed by atoms with E-state index in [-0.39, 0.29) is 5.91 Å². The zero-order chi connectivity index (χ0) is 17.0. The van der Waals surface area contributed by atoms with Crippen LogP contribution >= 0.6 is 11.6 Å². The van der Waals surface area contributed by atoms with Gasteiger partial charge in [-0.25, -0.2) is 0 Å². The summed E-state index contributed by atoms with van der Waals surface area (Å²) in [5, 5.41) is 5.30. The van der Waals surface area contributed by atoms with Crippen molar-refractivity contribution in [3.8, 4) is 0 Å². The van der Waals surface area contributed by atoms with Crippen LogP contribution in [-0.4, -0.2) is 34.2 Å². The van der Waals surface area contributed by atoms with Crippen LogP contribution < -0.4 is 0 Å². The molecule has 0 spiro atoms. The summed E-state index contributed by atoms with van der Waals surface area (Å²) in [6.45, 7) is 7.20. The second-order valence-corrected chi connectivity index (χ2v) is 5.93. The van der Waals surface area contributed by atoms with Crippen LogP contribution in [0.4, 0.5) is 0 Å². The zero-order valence-corrected chi connectivity index (χ0v) is 14.8. The summed E-state index contributed by atoms with van der Waals surface area (Å²) in [4.78, 5) is 13.6. The van der Waals surface area contributed by atoms with Crippen LogP contribution in [0.3, 0.4) is 0 Å². The highest BCUT2D eigenvalue weighted by Crippen LogP contribution is 2.20. The highest BCUT2D eigenvalue weighted by Gasteiger charge is 2.11. The predicted molar refractivity (Wildman–Crippen MR) is 94.6 cm³/mol. The number of aryl methyl sites for hydroxylation is 1. The third-order valence-corrected chi connectivity index (χ3v) is 4.33. The van der Waals surface area contributed by atoms with Gasteiger partial charge in [-0.2, -0.15) is 5.10 Å². The van der Waals surface area contributed by atoms with Crippen molar-refractivity contribution in [2.45, 2.75) is 27.3 Å². The fourth-order valence-corrected chi connectivity index (χ4v) is 2.53. The number of rotatable bonds is 5. The van der Waals surface area contributed by atoms with Gasteiger partial charge in [-0.1, -0.05) is 29.8 Å². The van der Waals surface area contributed by atoms with Gasteiger partial charge in [0.2, 0.25) is 5.91 Å². The Bertz CT molecular complexity index is 734. The van der Waals surface area contributed by atoms with Gasteiger partial charge in [0.1, 0.15) is 0 Å². The molecular weight excluding hydrogens is 310 g/mol. The van der Waals surface area contributed by atoms with Gasteiger partial charge in [-0.05, 0) is 38.5 Å². The smallest absolute Gasteiger partial charge is 0.246 e. The number of hydrogen-bond donors (Lipinski definition) is 0. The minimum Gasteiger partial charge on any atom is -0.343 e. The largest absolute Gasteiger partial charge is 0.343 e. The highest BCUT2D eigenvalue weighted by molar-refractivity contribution is 6.31. The van der Waals surface area contributed by atoms with Gasteiger partial charge in [-0.3, -0.25) is 9.48 Å². The molecule has 0 fully saturated rings. The molecule has 1 aromatic heterocycles. The third-order valence-electron chi connectivity index (χ3n) is 3.96. The summed E-state index contributed by atoms with van der Waals surface area (Å²) in [7, 11) is 1.78. The summed E-state index contributed by atoms with van der Waals surface area (Å²) in [6.07, 6.45) is 3.44. The molecule has 2 aromatic rings. The Hall–Kier alpha value is -2.07. The fourth-order valence-electron chi connectivity index (χ4n) is 2.33. The SMILES string of the molecule is CCN(C)C(=O)/C=C/c1c(C)nn(Cc2ccccc2Cl)c1C. The summed E-state index contributed by atoms with van der Waals surface area (Å²) >= 11 is 6.22. The lowest BCUT2D eigenvalue weighted by molar-refractivity contribution is -0.124. The Morgan fingerprint density at radius 2 is 2.04 bits per heavy atom. The van der Waals surface area contributed by atoms with Crippen molar-refractivity contribution < 1.29 is 4.79 Å². The minimum atomic E-state index is -0.00912. The molecule has 2 rings (SSSR count). The lowest BCUT2D eigenvalue weighted by atomic mass is 10.1. The first-order chi connectivity index (χ1) is 10.9. The standard InChI is InChI=1S/C18H22ClN3O/c1-5-21(4)18(23)11-10-16-13(2)20-22(14(16)3)12-15-8-6-7-9-17(15)19/h6-11H,5,12H2,1-4H3/b11-10+. The monoisotopic (exact) mass is 331 g/mol. The van der Waals surface area contributed by atoms with E-state index in [0.29, 0.717) is 13.1 Å². The van der Waals surface area contributed by atoms with Crippen molar-refractivity contribution in [1.82, 2.24) is 14.7 Å². The maximum atomic E-state index is 11.9. The Balaban J connectivity index is 2.24. The maximum Gasteiger partial charge on any atom is 0.246 e. The van der Waals surface area contributed by atoms with Gasteiger partial charge in [0, 0.05) is 35.9 Å². The maximum absolute atomic E-state index is 11.9. The number of amides is 1. The lowest BCUT2D eigenvalue weighted by Crippen LogP contribution is -2.23. The van der Waals surface area contributed by atoms with Crippen LogP contribution in [0.15, 0.2) is 30.3 Å². The summed E-state index contributed by atoms with van der Waals surface area (Å²) in [5.74, 6) is -0.00912. The molecule has 0 aliphatic rings. The Labute approximate surface area is 142 Å². The molecule has 0 saturated heterocycles. The average Bonchev–Trinajstić information content (AvgIpc) is 2.80. The van der Waals surface area contributed by atoms with Gasteiger partial charge < -0.3 is 4.90 Å². The van der Waals surface area contributed by atoms with Crippen LogP contribution in [0, 0.1) is 13.8 Å². The molecule has 0 aliphatic carbocycles. The molecular formula is C18H22ClN3O. The Morgan fingerprint density at radius 3 is 2.70 bits per heavy atom. The van der Waals surface area contributed by atoms with Gasteiger partial charge >= 0.3 is 0 Å². The van der Waals surface area contributed by atoms with Crippen molar-refractivity contribution in [3.05, 3.63) is 57.9 Å². The number of nitrogens with zero attached hydrogens (tertiary/aromatic N) is 3. The molecule has 1 aromatic carbocycles. The highest BCUT2D eigenvalue weighted by atomic mass is 35.5. The number of carbonyl (C=O) groups is 1. The molecule has 23 heavy (non-hydrogen) atoms. The zero-order valence-electron chi connectivity index (χ0n) is 14.0. The molecule has 0 aliphatic heterocycles.